The highest BCUT2D eigenvalue weighted by Crippen LogP contribution is 2.14. The number of aliphatic hydroxyl groups excluding tert-OH is 2. The predicted molar refractivity (Wildman–Crippen MR) is 56.1 cm³/mol. The molecule has 1 aliphatic rings. The van der Waals surface area contributed by atoms with Gasteiger partial charge in [-0.05, 0) is 12.8 Å². The minimum Gasteiger partial charge on any atom is -0.394 e. The van der Waals surface area contributed by atoms with E-state index in [1.807, 2.05) is 0 Å². The Labute approximate surface area is 86.1 Å². The van der Waals surface area contributed by atoms with E-state index < -0.39 is 0 Å². The van der Waals surface area contributed by atoms with Crippen molar-refractivity contribution in [3.63, 3.8) is 0 Å². The van der Waals surface area contributed by atoms with Gasteiger partial charge in [-0.3, -0.25) is 0 Å². The molecule has 0 unspecified atom stereocenters. The molecular weight excluding hydrogens is 182 g/mol. The van der Waals surface area contributed by atoms with Crippen molar-refractivity contribution in [2.75, 3.05) is 26.4 Å². The molecule has 1 aliphatic carbocycles. The topological polar surface area (TPSA) is 75.7 Å². The predicted octanol–water partition coefficient (Wildman–Crippen LogP) is 0.265. The number of hydrogen-bond acceptors (Lipinski definition) is 4. The summed E-state index contributed by atoms with van der Waals surface area (Å²) in [6, 6.07) is 0.536. The first kappa shape index (κ1) is 13.8. The van der Waals surface area contributed by atoms with E-state index in [1.54, 1.807) is 0 Å². The second-order valence-corrected chi connectivity index (χ2v) is 3.46. The van der Waals surface area contributed by atoms with Crippen LogP contribution in [0.5, 0.6) is 0 Å². The molecule has 1 rings (SSSR count). The van der Waals surface area contributed by atoms with Crippen LogP contribution in [0.1, 0.15) is 32.1 Å². The summed E-state index contributed by atoms with van der Waals surface area (Å²) in [5, 5.41) is 16.2. The van der Waals surface area contributed by atoms with Crippen molar-refractivity contribution >= 4 is 0 Å². The van der Waals surface area contributed by atoms with Gasteiger partial charge in [0, 0.05) is 6.04 Å². The molecule has 0 spiro atoms. The molecule has 0 radical (unpaired) electrons. The lowest BCUT2D eigenvalue weighted by molar-refractivity contribution is 0.0650. The van der Waals surface area contributed by atoms with Crippen molar-refractivity contribution < 1.29 is 14.9 Å². The van der Waals surface area contributed by atoms with Crippen LogP contribution < -0.4 is 5.73 Å². The van der Waals surface area contributed by atoms with E-state index in [-0.39, 0.29) is 13.2 Å². The molecule has 0 atom stereocenters. The zero-order chi connectivity index (χ0) is 10.6. The van der Waals surface area contributed by atoms with E-state index >= 15 is 0 Å². The summed E-state index contributed by atoms with van der Waals surface area (Å²) in [5.41, 5.74) is 5.63. The average molecular weight is 205 g/mol. The van der Waals surface area contributed by atoms with Gasteiger partial charge in [-0.2, -0.15) is 0 Å². The fourth-order valence-corrected chi connectivity index (χ4v) is 1.37. The number of rotatable bonds is 4. The maximum Gasteiger partial charge on any atom is 0.0698 e. The Morgan fingerprint density at radius 1 is 1.00 bits per heavy atom. The maximum atomic E-state index is 8.09. The van der Waals surface area contributed by atoms with Gasteiger partial charge in [0.2, 0.25) is 0 Å². The summed E-state index contributed by atoms with van der Waals surface area (Å²) in [5.74, 6) is 0. The minimum absolute atomic E-state index is 0.0278. The lowest BCUT2D eigenvalue weighted by Gasteiger charge is -2.15. The molecular formula is C10H23NO3. The third-order valence-corrected chi connectivity index (χ3v) is 2.12. The Bertz CT molecular complexity index is 102. The van der Waals surface area contributed by atoms with Crippen molar-refractivity contribution in [3.05, 3.63) is 0 Å². The molecule has 4 nitrogen and oxygen atoms in total. The molecule has 86 valence electrons. The van der Waals surface area contributed by atoms with Crippen LogP contribution in [0.15, 0.2) is 0 Å². The third-order valence-electron chi connectivity index (χ3n) is 2.12. The van der Waals surface area contributed by atoms with Gasteiger partial charge < -0.3 is 20.7 Å². The molecule has 0 aromatic rings. The van der Waals surface area contributed by atoms with Crippen molar-refractivity contribution in [1.29, 1.82) is 0 Å². The molecule has 14 heavy (non-hydrogen) atoms. The summed E-state index contributed by atoms with van der Waals surface area (Å²) in [6.45, 7) is 0.696. The maximum absolute atomic E-state index is 8.09. The quantitative estimate of drug-likeness (QED) is 0.576. The molecule has 0 bridgehead atoms. The van der Waals surface area contributed by atoms with Gasteiger partial charge in [0.25, 0.3) is 0 Å². The zero-order valence-electron chi connectivity index (χ0n) is 8.82. The van der Waals surface area contributed by atoms with Crippen LogP contribution in [0.25, 0.3) is 0 Å². The Morgan fingerprint density at radius 2 is 1.50 bits per heavy atom. The summed E-state index contributed by atoms with van der Waals surface area (Å²) >= 11 is 0. The van der Waals surface area contributed by atoms with E-state index in [0.29, 0.717) is 19.3 Å². The second kappa shape index (κ2) is 10.9. The number of ether oxygens (including phenoxy) is 1. The SMILES string of the molecule is NC1CCCCC1.OCCOCCO. The normalized spacial score (nSPS) is 17.4. The molecule has 0 aromatic heterocycles. The molecule has 0 aliphatic heterocycles. The highest BCUT2D eigenvalue weighted by Gasteiger charge is 2.06. The second-order valence-electron chi connectivity index (χ2n) is 3.46. The summed E-state index contributed by atoms with van der Waals surface area (Å²) in [4.78, 5) is 0. The van der Waals surface area contributed by atoms with Gasteiger partial charge in [0.15, 0.2) is 0 Å². The molecule has 4 N–H and O–H groups in total. The van der Waals surface area contributed by atoms with Gasteiger partial charge in [0.1, 0.15) is 0 Å². The van der Waals surface area contributed by atoms with Gasteiger partial charge in [0.05, 0.1) is 26.4 Å². The Kier molecular flexibility index (Phi) is 10.8. The Morgan fingerprint density at radius 3 is 1.79 bits per heavy atom. The van der Waals surface area contributed by atoms with E-state index in [4.69, 9.17) is 15.9 Å². The zero-order valence-corrected chi connectivity index (χ0v) is 8.82. The van der Waals surface area contributed by atoms with Crippen LogP contribution in [0.4, 0.5) is 0 Å². The molecule has 1 fully saturated rings. The van der Waals surface area contributed by atoms with E-state index in [2.05, 4.69) is 4.74 Å². The smallest absolute Gasteiger partial charge is 0.0698 e. The molecule has 0 saturated heterocycles. The minimum atomic E-state index is 0.0278. The first-order valence-corrected chi connectivity index (χ1v) is 5.36. The largest absolute Gasteiger partial charge is 0.394 e. The van der Waals surface area contributed by atoms with Crippen LogP contribution in [0, 0.1) is 0 Å². The average Bonchev–Trinajstić information content (AvgIpc) is 2.21. The lowest BCUT2D eigenvalue weighted by Crippen LogP contribution is -2.22. The van der Waals surface area contributed by atoms with Crippen LogP contribution in [-0.2, 0) is 4.74 Å². The Hall–Kier alpha value is -0.160. The van der Waals surface area contributed by atoms with Crippen LogP contribution in [0.2, 0.25) is 0 Å². The van der Waals surface area contributed by atoms with Gasteiger partial charge in [-0.25, -0.2) is 0 Å². The molecule has 1 saturated carbocycles. The Balaban J connectivity index is 0.000000241. The summed E-state index contributed by atoms with van der Waals surface area (Å²) < 4.78 is 4.63. The number of aliphatic hydroxyl groups is 2. The van der Waals surface area contributed by atoms with Gasteiger partial charge >= 0.3 is 0 Å². The van der Waals surface area contributed by atoms with Crippen LogP contribution in [-0.4, -0.2) is 42.7 Å². The number of nitrogens with two attached hydrogens (primary N) is 1. The van der Waals surface area contributed by atoms with Gasteiger partial charge in [-0.15, -0.1) is 0 Å². The number of hydrogen-bond donors (Lipinski definition) is 3. The van der Waals surface area contributed by atoms with Crippen LogP contribution in [0.3, 0.4) is 0 Å². The van der Waals surface area contributed by atoms with E-state index in [0.717, 1.165) is 0 Å². The van der Waals surface area contributed by atoms with E-state index in [9.17, 15) is 0 Å². The molecule has 0 amide bonds. The van der Waals surface area contributed by atoms with E-state index in [1.165, 1.54) is 32.1 Å². The molecule has 4 heteroatoms. The van der Waals surface area contributed by atoms with Crippen LogP contribution >= 0.6 is 0 Å². The lowest BCUT2D eigenvalue weighted by atomic mass is 9.97. The standard InChI is InChI=1S/C6H13N.C4H10O3/c7-6-4-2-1-3-5-6;5-1-3-7-4-2-6/h6H,1-5,7H2;5-6H,1-4H2. The first-order chi connectivity index (χ1) is 6.81. The monoisotopic (exact) mass is 205 g/mol. The fraction of sp³-hybridized carbons (Fsp3) is 1.00. The molecule has 0 aromatic carbocycles. The van der Waals surface area contributed by atoms with Crippen molar-refractivity contribution in [3.8, 4) is 0 Å². The van der Waals surface area contributed by atoms with Crippen molar-refractivity contribution in [1.82, 2.24) is 0 Å². The van der Waals surface area contributed by atoms with Crippen molar-refractivity contribution in [2.45, 2.75) is 38.1 Å². The van der Waals surface area contributed by atoms with Gasteiger partial charge in [-0.1, -0.05) is 19.3 Å². The summed E-state index contributed by atoms with van der Waals surface area (Å²) in [7, 11) is 0. The first-order valence-electron chi connectivity index (χ1n) is 5.36. The highest BCUT2D eigenvalue weighted by atomic mass is 16.5. The third kappa shape index (κ3) is 9.92. The summed E-state index contributed by atoms with van der Waals surface area (Å²) in [6.07, 6.45) is 6.66. The van der Waals surface area contributed by atoms with Crippen molar-refractivity contribution in [2.24, 2.45) is 5.73 Å². The molecule has 0 heterocycles. The fourth-order valence-electron chi connectivity index (χ4n) is 1.37. The highest BCUT2D eigenvalue weighted by molar-refractivity contribution is 4.66.